The van der Waals surface area contributed by atoms with Gasteiger partial charge in [0.05, 0.1) is 27.8 Å². The van der Waals surface area contributed by atoms with Gasteiger partial charge in [-0.15, -0.1) is 0 Å². The molecule has 0 unspecified atom stereocenters. The van der Waals surface area contributed by atoms with E-state index in [1.165, 1.54) is 0 Å². The van der Waals surface area contributed by atoms with Crippen LogP contribution in [0.2, 0.25) is 5.02 Å². The number of hydrogen-bond acceptors (Lipinski definition) is 6. The molecule has 30 heavy (non-hydrogen) atoms. The van der Waals surface area contributed by atoms with E-state index in [0.717, 1.165) is 25.0 Å². The zero-order chi connectivity index (χ0) is 21.6. The topological polar surface area (TPSA) is 113 Å². The Hall–Kier alpha value is -2.01. The second-order valence-corrected chi connectivity index (χ2v) is 10.3. The SMILES string of the molecule is NC(=O)CC1CCN(c2nc(-c3cc(F)c(Cl)cc3F)nc3c2CS(O)(O)C3)CC1. The fraction of sp³-hybridized carbons (Fsp3) is 0.421. The molecule has 7 nitrogen and oxygen atoms in total. The lowest BCUT2D eigenvalue weighted by Gasteiger charge is -2.33. The zero-order valence-electron chi connectivity index (χ0n) is 15.9. The monoisotopic (exact) mass is 458 g/mol. The number of aromatic nitrogens is 2. The highest BCUT2D eigenvalue weighted by molar-refractivity contribution is 8.23. The van der Waals surface area contributed by atoms with Crippen LogP contribution in [-0.2, 0) is 16.3 Å². The highest BCUT2D eigenvalue weighted by Crippen LogP contribution is 2.54. The molecule has 2 aliphatic rings. The number of amides is 1. The van der Waals surface area contributed by atoms with Crippen molar-refractivity contribution in [1.29, 1.82) is 0 Å². The summed E-state index contributed by atoms with van der Waals surface area (Å²) in [4.78, 5) is 22.0. The fourth-order valence-corrected chi connectivity index (χ4v) is 5.68. The van der Waals surface area contributed by atoms with Gasteiger partial charge in [0.1, 0.15) is 17.5 Å². The first kappa shape index (κ1) is 21.2. The predicted octanol–water partition coefficient (Wildman–Crippen LogP) is 3.93. The van der Waals surface area contributed by atoms with Gasteiger partial charge in [0, 0.05) is 25.1 Å². The molecule has 3 heterocycles. The average Bonchev–Trinajstić information content (AvgIpc) is 2.98. The first-order valence-electron chi connectivity index (χ1n) is 9.44. The van der Waals surface area contributed by atoms with Crippen molar-refractivity contribution in [2.24, 2.45) is 11.7 Å². The molecular weight excluding hydrogens is 438 g/mol. The van der Waals surface area contributed by atoms with Gasteiger partial charge in [0.2, 0.25) is 5.91 Å². The second-order valence-electron chi connectivity index (χ2n) is 7.73. The van der Waals surface area contributed by atoms with Crippen LogP contribution in [0.1, 0.15) is 30.5 Å². The zero-order valence-corrected chi connectivity index (χ0v) is 17.5. The number of nitrogens with two attached hydrogens (primary N) is 1. The third-order valence-electron chi connectivity index (χ3n) is 5.47. The van der Waals surface area contributed by atoms with Crippen LogP contribution in [0.15, 0.2) is 12.1 Å². The van der Waals surface area contributed by atoms with Gasteiger partial charge in [0.25, 0.3) is 0 Å². The molecule has 0 aliphatic carbocycles. The standard InChI is InChI=1S/C19H21ClF2N4O3S/c20-13-7-14(21)11(6-15(13)22)18-24-16-9-30(28,29)8-12(16)19(25-18)26-3-1-10(2-4-26)5-17(23)27/h6-7,10,28-29H,1-5,8-9H2,(H2,23,27). The van der Waals surface area contributed by atoms with Gasteiger partial charge in [-0.05, 0) is 30.9 Å². The number of rotatable bonds is 4. The molecule has 0 bridgehead atoms. The van der Waals surface area contributed by atoms with Crippen LogP contribution in [0.4, 0.5) is 14.6 Å². The molecule has 1 fully saturated rings. The van der Waals surface area contributed by atoms with Crippen molar-refractivity contribution in [2.75, 3.05) is 18.0 Å². The Morgan fingerprint density at radius 2 is 1.90 bits per heavy atom. The summed E-state index contributed by atoms with van der Waals surface area (Å²) in [6, 6.07) is 1.81. The van der Waals surface area contributed by atoms with E-state index in [1.54, 1.807) is 0 Å². The van der Waals surface area contributed by atoms with Gasteiger partial charge < -0.3 is 10.6 Å². The van der Waals surface area contributed by atoms with Crippen molar-refractivity contribution >= 4 is 33.9 Å². The molecule has 1 aromatic heterocycles. The third-order valence-corrected chi connectivity index (χ3v) is 7.25. The van der Waals surface area contributed by atoms with Crippen molar-refractivity contribution in [2.45, 2.75) is 30.8 Å². The van der Waals surface area contributed by atoms with E-state index in [-0.39, 0.29) is 39.7 Å². The second kappa shape index (κ2) is 7.92. The van der Waals surface area contributed by atoms with E-state index >= 15 is 0 Å². The van der Waals surface area contributed by atoms with Crippen LogP contribution in [0.3, 0.4) is 0 Å². The van der Waals surface area contributed by atoms with Crippen molar-refractivity contribution in [3.63, 3.8) is 0 Å². The third kappa shape index (κ3) is 4.22. The van der Waals surface area contributed by atoms with Crippen LogP contribution in [0.5, 0.6) is 0 Å². The smallest absolute Gasteiger partial charge is 0.217 e. The molecular formula is C19H21ClF2N4O3S. The number of fused-ring (bicyclic) bond motifs is 1. The molecule has 0 atom stereocenters. The van der Waals surface area contributed by atoms with E-state index in [9.17, 15) is 22.7 Å². The summed E-state index contributed by atoms with van der Waals surface area (Å²) >= 11 is 5.65. The number of carbonyl (C=O) groups is 1. The maximum absolute atomic E-state index is 14.5. The lowest BCUT2D eigenvalue weighted by molar-refractivity contribution is -0.119. The van der Waals surface area contributed by atoms with Crippen molar-refractivity contribution in [3.8, 4) is 11.4 Å². The summed E-state index contributed by atoms with van der Waals surface area (Å²) in [5.41, 5.74) is 6.18. The Morgan fingerprint density at radius 1 is 1.20 bits per heavy atom. The molecule has 2 aliphatic heterocycles. The van der Waals surface area contributed by atoms with Gasteiger partial charge >= 0.3 is 0 Å². The Morgan fingerprint density at radius 3 is 2.57 bits per heavy atom. The van der Waals surface area contributed by atoms with Crippen LogP contribution in [0.25, 0.3) is 11.4 Å². The average molecular weight is 459 g/mol. The Bertz CT molecular complexity index is 1020. The molecule has 0 saturated carbocycles. The maximum atomic E-state index is 14.5. The van der Waals surface area contributed by atoms with Gasteiger partial charge in [0.15, 0.2) is 5.82 Å². The first-order valence-corrected chi connectivity index (χ1v) is 11.7. The fourth-order valence-electron chi connectivity index (χ4n) is 3.99. The lowest BCUT2D eigenvalue weighted by Crippen LogP contribution is -2.36. The number of halogens is 3. The Kier molecular flexibility index (Phi) is 5.60. The Labute approximate surface area is 178 Å². The molecule has 0 radical (unpaired) electrons. The Balaban J connectivity index is 1.72. The molecule has 4 N–H and O–H groups in total. The van der Waals surface area contributed by atoms with Crippen LogP contribution in [0, 0.1) is 17.6 Å². The number of piperidine rings is 1. The molecule has 2 aromatic rings. The lowest BCUT2D eigenvalue weighted by atomic mass is 9.93. The van der Waals surface area contributed by atoms with E-state index in [2.05, 4.69) is 9.97 Å². The summed E-state index contributed by atoms with van der Waals surface area (Å²) in [6.45, 7) is 1.16. The highest BCUT2D eigenvalue weighted by atomic mass is 35.5. The number of nitrogens with zero attached hydrogens (tertiary/aromatic N) is 3. The minimum absolute atomic E-state index is 0.0244. The van der Waals surface area contributed by atoms with Gasteiger partial charge in [-0.3, -0.25) is 13.9 Å². The molecule has 4 rings (SSSR count). The van der Waals surface area contributed by atoms with E-state index < -0.39 is 22.2 Å². The van der Waals surface area contributed by atoms with Crippen molar-refractivity contribution in [3.05, 3.63) is 40.0 Å². The van der Waals surface area contributed by atoms with Crippen LogP contribution in [-0.4, -0.2) is 38.1 Å². The number of carbonyl (C=O) groups excluding carboxylic acids is 1. The minimum atomic E-state index is -2.90. The maximum Gasteiger partial charge on any atom is 0.217 e. The van der Waals surface area contributed by atoms with E-state index in [1.807, 2.05) is 4.90 Å². The minimum Gasteiger partial charge on any atom is -0.370 e. The van der Waals surface area contributed by atoms with Crippen molar-refractivity contribution in [1.82, 2.24) is 9.97 Å². The van der Waals surface area contributed by atoms with Gasteiger partial charge in [-0.1, -0.05) is 11.6 Å². The molecule has 0 spiro atoms. The summed E-state index contributed by atoms with van der Waals surface area (Å²) in [5, 5.41) is -0.344. The predicted molar refractivity (Wildman–Crippen MR) is 111 cm³/mol. The molecule has 1 amide bonds. The van der Waals surface area contributed by atoms with Crippen LogP contribution < -0.4 is 10.6 Å². The summed E-state index contributed by atoms with van der Waals surface area (Å²) < 4.78 is 48.9. The van der Waals surface area contributed by atoms with Crippen LogP contribution >= 0.6 is 22.2 Å². The molecule has 162 valence electrons. The quantitative estimate of drug-likeness (QED) is 0.598. The summed E-state index contributed by atoms with van der Waals surface area (Å²) in [5.74, 6) is -1.30. The summed E-state index contributed by atoms with van der Waals surface area (Å²) in [7, 11) is -2.90. The van der Waals surface area contributed by atoms with Crippen molar-refractivity contribution < 1.29 is 22.7 Å². The number of anilines is 1. The molecule has 1 saturated heterocycles. The van der Waals surface area contributed by atoms with Gasteiger partial charge in [-0.2, -0.15) is 10.6 Å². The number of primary amides is 1. The highest BCUT2D eigenvalue weighted by Gasteiger charge is 2.34. The summed E-state index contributed by atoms with van der Waals surface area (Å²) in [6.07, 6.45) is 1.76. The van der Waals surface area contributed by atoms with Gasteiger partial charge in [-0.25, -0.2) is 18.7 Å². The molecule has 11 heteroatoms. The first-order chi connectivity index (χ1) is 14.1. The number of benzene rings is 1. The largest absolute Gasteiger partial charge is 0.370 e. The normalized spacial score (nSPS) is 19.6. The number of hydrogen-bond donors (Lipinski definition) is 3. The van der Waals surface area contributed by atoms with E-state index in [4.69, 9.17) is 17.3 Å². The van der Waals surface area contributed by atoms with E-state index in [0.29, 0.717) is 36.6 Å². The molecule has 1 aromatic carbocycles.